The number of tetrazole rings is 1. The number of methoxy groups -OCH3 is 1. The van der Waals surface area contributed by atoms with E-state index >= 15 is 0 Å². The number of ether oxygens (including phenoxy) is 1. The molecule has 4 aromatic rings. The number of para-hydroxylation sites is 1. The Morgan fingerprint density at radius 3 is 2.46 bits per heavy atom. The van der Waals surface area contributed by atoms with Crippen molar-refractivity contribution < 1.29 is 9.53 Å². The molecule has 10 nitrogen and oxygen atoms in total. The maximum atomic E-state index is 12.1. The van der Waals surface area contributed by atoms with Gasteiger partial charge < -0.3 is 19.4 Å². The summed E-state index contributed by atoms with van der Waals surface area (Å²) in [6, 6.07) is 26.7. The number of H-pyrrole nitrogens is 1. The van der Waals surface area contributed by atoms with Gasteiger partial charge in [0, 0.05) is 24.0 Å². The highest BCUT2D eigenvalue weighted by molar-refractivity contribution is 6.11. The molecule has 0 spiro atoms. The number of amidine groups is 1. The molecule has 1 unspecified atom stereocenters. The summed E-state index contributed by atoms with van der Waals surface area (Å²) >= 11 is 0. The van der Waals surface area contributed by atoms with Crippen LogP contribution in [-0.2, 0) is 16.1 Å². The predicted octanol–water partition coefficient (Wildman–Crippen LogP) is 3.89. The number of carbonyl (C=O) groups is 1. The van der Waals surface area contributed by atoms with Crippen molar-refractivity contribution in [2.24, 2.45) is 4.99 Å². The molecule has 0 saturated carbocycles. The lowest BCUT2D eigenvalue weighted by Gasteiger charge is -2.37. The number of nitrogens with one attached hydrogen (secondary N) is 1. The van der Waals surface area contributed by atoms with Crippen molar-refractivity contribution in [1.82, 2.24) is 30.4 Å². The number of rotatable bonds is 7. The van der Waals surface area contributed by atoms with E-state index < -0.39 is 0 Å². The molecule has 10 heteroatoms. The van der Waals surface area contributed by atoms with Crippen molar-refractivity contribution in [1.29, 1.82) is 0 Å². The van der Waals surface area contributed by atoms with Gasteiger partial charge in [0.15, 0.2) is 11.7 Å². The minimum Gasteiger partial charge on any atom is -0.468 e. The van der Waals surface area contributed by atoms with Gasteiger partial charge in [-0.3, -0.25) is 4.79 Å². The number of hydrogen-bond acceptors (Lipinski definition) is 9. The van der Waals surface area contributed by atoms with Gasteiger partial charge in [-0.2, -0.15) is 0 Å². The molecule has 0 aliphatic carbocycles. The molecule has 0 bridgehead atoms. The van der Waals surface area contributed by atoms with Crippen LogP contribution in [0, 0.1) is 0 Å². The van der Waals surface area contributed by atoms with Crippen LogP contribution in [0.15, 0.2) is 95.8 Å². The van der Waals surface area contributed by atoms with Gasteiger partial charge in [-0.05, 0) is 46.2 Å². The monoisotopic (exact) mass is 520 g/mol. The van der Waals surface area contributed by atoms with Gasteiger partial charge in [0.25, 0.3) is 0 Å². The molecule has 0 saturated heterocycles. The lowest BCUT2D eigenvalue weighted by Crippen LogP contribution is -2.47. The first-order chi connectivity index (χ1) is 19.1. The van der Waals surface area contributed by atoms with E-state index in [1.54, 1.807) is 0 Å². The van der Waals surface area contributed by atoms with Crippen molar-refractivity contribution in [3.63, 3.8) is 0 Å². The van der Waals surface area contributed by atoms with Crippen molar-refractivity contribution in [3.05, 3.63) is 96.3 Å². The van der Waals surface area contributed by atoms with Gasteiger partial charge in [0.05, 0.1) is 19.5 Å². The first kappa shape index (κ1) is 24.4. The molecule has 0 radical (unpaired) electrons. The summed E-state index contributed by atoms with van der Waals surface area (Å²) in [4.78, 5) is 23.5. The lowest BCUT2D eigenvalue weighted by atomic mass is 9.98. The fourth-order valence-electron chi connectivity index (χ4n) is 5.00. The number of hydrogen-bond donors (Lipinski definition) is 1. The Morgan fingerprint density at radius 1 is 1.00 bits per heavy atom. The van der Waals surface area contributed by atoms with Crippen LogP contribution in [-0.4, -0.2) is 68.7 Å². The molecule has 3 aromatic carbocycles. The largest absolute Gasteiger partial charge is 0.468 e. The zero-order chi connectivity index (χ0) is 26.8. The standard InChI is InChI=1S/C29H28N8O2/c1-20-30-29-26(17-35(18-27(38)39-2)19-37(29)23-8-4-3-5-9-23)36(20)16-21-12-14-22(15-13-21)24-10-6-7-11-25(24)28-31-33-34-32-28/h3-15,17,20H,16,18-19H2,1-2H3,(H,31,32,33,34). The van der Waals surface area contributed by atoms with Gasteiger partial charge in [-0.1, -0.05) is 66.7 Å². The third-order valence-electron chi connectivity index (χ3n) is 6.96. The smallest absolute Gasteiger partial charge is 0.325 e. The fourth-order valence-corrected chi connectivity index (χ4v) is 5.00. The second-order valence-corrected chi connectivity index (χ2v) is 9.45. The van der Waals surface area contributed by atoms with E-state index in [1.807, 2.05) is 47.5 Å². The molecule has 1 aromatic heterocycles. The molecule has 2 aliphatic heterocycles. The highest BCUT2D eigenvalue weighted by Crippen LogP contribution is 2.33. The molecule has 6 rings (SSSR count). The highest BCUT2D eigenvalue weighted by atomic mass is 16.5. The first-order valence-electron chi connectivity index (χ1n) is 12.7. The van der Waals surface area contributed by atoms with E-state index in [-0.39, 0.29) is 18.7 Å². The third-order valence-corrected chi connectivity index (χ3v) is 6.96. The Balaban J connectivity index is 1.27. The summed E-state index contributed by atoms with van der Waals surface area (Å²) in [6.45, 7) is 3.43. The molecule has 196 valence electrons. The number of aromatic amines is 1. The fraction of sp³-hybridized carbons (Fsp3) is 0.207. The average Bonchev–Trinajstić information content (AvgIpc) is 3.62. The summed E-state index contributed by atoms with van der Waals surface area (Å²) in [7, 11) is 1.41. The maximum Gasteiger partial charge on any atom is 0.325 e. The summed E-state index contributed by atoms with van der Waals surface area (Å²) in [5.74, 6) is 1.25. The van der Waals surface area contributed by atoms with Crippen LogP contribution in [0.2, 0.25) is 0 Å². The van der Waals surface area contributed by atoms with Gasteiger partial charge in [0.1, 0.15) is 12.7 Å². The van der Waals surface area contributed by atoms with Crippen LogP contribution in [0.4, 0.5) is 5.69 Å². The van der Waals surface area contributed by atoms with Crippen LogP contribution in [0.3, 0.4) is 0 Å². The minimum atomic E-state index is -0.283. The van der Waals surface area contributed by atoms with Crippen LogP contribution in [0.1, 0.15) is 12.5 Å². The van der Waals surface area contributed by atoms with E-state index in [1.165, 1.54) is 7.11 Å². The summed E-state index contributed by atoms with van der Waals surface area (Å²) in [5.41, 5.74) is 6.23. The normalized spacial score (nSPS) is 16.6. The number of fused-ring (bicyclic) bond motifs is 1. The zero-order valence-corrected chi connectivity index (χ0v) is 21.7. The van der Waals surface area contributed by atoms with E-state index in [0.717, 1.165) is 39.5 Å². The zero-order valence-electron chi connectivity index (χ0n) is 21.7. The predicted molar refractivity (Wildman–Crippen MR) is 148 cm³/mol. The highest BCUT2D eigenvalue weighted by Gasteiger charge is 2.36. The van der Waals surface area contributed by atoms with E-state index in [0.29, 0.717) is 19.0 Å². The molecular weight excluding hydrogens is 492 g/mol. The Labute approximate surface area is 226 Å². The molecule has 3 heterocycles. The first-order valence-corrected chi connectivity index (χ1v) is 12.7. The summed E-state index contributed by atoms with van der Waals surface area (Å²) in [6.07, 6.45) is 1.96. The maximum absolute atomic E-state index is 12.1. The van der Waals surface area contributed by atoms with Crippen molar-refractivity contribution in [2.75, 3.05) is 25.2 Å². The summed E-state index contributed by atoms with van der Waals surface area (Å²) < 4.78 is 4.94. The molecule has 0 fully saturated rings. The minimum absolute atomic E-state index is 0.0603. The van der Waals surface area contributed by atoms with Crippen molar-refractivity contribution in [2.45, 2.75) is 19.6 Å². The van der Waals surface area contributed by atoms with Crippen LogP contribution >= 0.6 is 0 Å². The number of aliphatic imine (C=N–C) groups is 1. The van der Waals surface area contributed by atoms with Gasteiger partial charge in [-0.25, -0.2) is 10.1 Å². The van der Waals surface area contributed by atoms with Crippen LogP contribution < -0.4 is 4.90 Å². The molecule has 0 amide bonds. The molecule has 1 N–H and O–H groups in total. The molecule has 1 atom stereocenters. The number of anilines is 1. The topological polar surface area (TPSA) is 103 Å². The van der Waals surface area contributed by atoms with E-state index in [4.69, 9.17) is 9.73 Å². The Hall–Kier alpha value is -4.99. The number of esters is 1. The van der Waals surface area contributed by atoms with Crippen LogP contribution in [0.25, 0.3) is 22.5 Å². The second kappa shape index (κ2) is 10.4. The summed E-state index contributed by atoms with van der Waals surface area (Å²) in [5, 5.41) is 14.4. The Bertz CT molecular complexity index is 1520. The lowest BCUT2D eigenvalue weighted by molar-refractivity contribution is -0.141. The third kappa shape index (κ3) is 4.84. The number of nitrogens with zero attached hydrogens (tertiary/aromatic N) is 7. The van der Waals surface area contributed by atoms with E-state index in [2.05, 4.69) is 79.8 Å². The molecule has 2 aliphatic rings. The quantitative estimate of drug-likeness (QED) is 0.366. The van der Waals surface area contributed by atoms with Gasteiger partial charge in [0.2, 0.25) is 0 Å². The molecule has 39 heavy (non-hydrogen) atoms. The van der Waals surface area contributed by atoms with Crippen molar-refractivity contribution in [3.8, 4) is 22.5 Å². The number of benzene rings is 3. The SMILES string of the molecule is COC(=O)CN1C=C2C(=NC(C)N2Cc2ccc(-c3ccccc3-c3nnn[nH]3)cc2)N(c2ccccc2)C1. The second-order valence-electron chi connectivity index (χ2n) is 9.45. The van der Waals surface area contributed by atoms with Crippen molar-refractivity contribution >= 4 is 17.5 Å². The Morgan fingerprint density at radius 2 is 1.74 bits per heavy atom. The van der Waals surface area contributed by atoms with Gasteiger partial charge >= 0.3 is 5.97 Å². The molecular formula is C29H28N8O2. The number of aromatic nitrogens is 4. The number of carbonyl (C=O) groups excluding carboxylic acids is 1. The Kier molecular flexibility index (Phi) is 6.50. The average molecular weight is 521 g/mol. The van der Waals surface area contributed by atoms with E-state index in [9.17, 15) is 4.79 Å². The van der Waals surface area contributed by atoms with Gasteiger partial charge in [-0.15, -0.1) is 5.10 Å². The van der Waals surface area contributed by atoms with Crippen LogP contribution in [0.5, 0.6) is 0 Å².